The molecule has 1 aromatic rings. The van der Waals surface area contributed by atoms with Crippen LogP contribution in [0.1, 0.15) is 24.4 Å². The number of thiazole rings is 1. The molecule has 0 fully saturated rings. The summed E-state index contributed by atoms with van der Waals surface area (Å²) in [7, 11) is 2.11. The third kappa shape index (κ3) is 3.12. The van der Waals surface area contributed by atoms with Crippen molar-refractivity contribution < 1.29 is 0 Å². The quantitative estimate of drug-likeness (QED) is 0.851. The van der Waals surface area contributed by atoms with E-state index in [1.807, 2.05) is 11.8 Å². The molecule has 1 heterocycles. The van der Waals surface area contributed by atoms with E-state index >= 15 is 0 Å². The molecular formula is C11H21N3S2. The van der Waals surface area contributed by atoms with Crippen LogP contribution in [0.25, 0.3) is 0 Å². The first-order valence-corrected chi connectivity index (χ1v) is 7.75. The molecule has 0 aliphatic rings. The molecule has 3 nitrogen and oxygen atoms in total. The number of rotatable bonds is 6. The van der Waals surface area contributed by atoms with Crippen LogP contribution in [0.5, 0.6) is 0 Å². The zero-order valence-corrected chi connectivity index (χ0v) is 12.1. The summed E-state index contributed by atoms with van der Waals surface area (Å²) in [5, 5.41) is 1.10. The van der Waals surface area contributed by atoms with Crippen LogP contribution in [0, 0.1) is 0 Å². The van der Waals surface area contributed by atoms with Crippen LogP contribution < -0.4 is 10.6 Å². The maximum absolute atomic E-state index is 5.72. The smallest absolute Gasteiger partial charge is 0.185 e. The standard InChI is InChI=1S/C11H21N3S2/c1-5-9-10(6-12)16-11(13-9)14(3)8(2)7-15-4/h8H,5-7,12H2,1-4H3. The Hall–Kier alpha value is -0.260. The minimum Gasteiger partial charge on any atom is -0.348 e. The minimum atomic E-state index is 0.511. The molecule has 0 bridgehead atoms. The summed E-state index contributed by atoms with van der Waals surface area (Å²) in [6.45, 7) is 4.96. The van der Waals surface area contributed by atoms with Gasteiger partial charge in [0.2, 0.25) is 0 Å². The molecule has 0 saturated heterocycles. The molecule has 1 unspecified atom stereocenters. The van der Waals surface area contributed by atoms with E-state index in [-0.39, 0.29) is 0 Å². The maximum Gasteiger partial charge on any atom is 0.185 e. The first kappa shape index (κ1) is 13.8. The van der Waals surface area contributed by atoms with Gasteiger partial charge in [-0.2, -0.15) is 11.8 Å². The van der Waals surface area contributed by atoms with E-state index in [0.29, 0.717) is 12.6 Å². The zero-order chi connectivity index (χ0) is 12.1. The Morgan fingerprint density at radius 3 is 2.69 bits per heavy atom. The predicted molar refractivity (Wildman–Crippen MR) is 75.6 cm³/mol. The van der Waals surface area contributed by atoms with Crippen molar-refractivity contribution in [3.05, 3.63) is 10.6 Å². The molecule has 0 aromatic carbocycles. The molecule has 5 heteroatoms. The van der Waals surface area contributed by atoms with Gasteiger partial charge in [0.05, 0.1) is 5.69 Å². The fraction of sp³-hybridized carbons (Fsp3) is 0.727. The Balaban J connectivity index is 2.82. The van der Waals surface area contributed by atoms with E-state index in [4.69, 9.17) is 5.73 Å². The molecule has 2 N–H and O–H groups in total. The fourth-order valence-corrected chi connectivity index (χ4v) is 3.30. The van der Waals surface area contributed by atoms with E-state index in [1.54, 1.807) is 11.3 Å². The van der Waals surface area contributed by atoms with Gasteiger partial charge < -0.3 is 10.6 Å². The Morgan fingerprint density at radius 1 is 1.56 bits per heavy atom. The summed E-state index contributed by atoms with van der Waals surface area (Å²) in [5.41, 5.74) is 6.88. The normalized spacial score (nSPS) is 12.8. The summed E-state index contributed by atoms with van der Waals surface area (Å²) < 4.78 is 0. The van der Waals surface area contributed by atoms with Gasteiger partial charge in [-0.15, -0.1) is 11.3 Å². The number of hydrogen-bond donors (Lipinski definition) is 1. The topological polar surface area (TPSA) is 42.2 Å². The van der Waals surface area contributed by atoms with Crippen LogP contribution in [0.4, 0.5) is 5.13 Å². The molecular weight excluding hydrogens is 238 g/mol. The van der Waals surface area contributed by atoms with Gasteiger partial charge in [-0.1, -0.05) is 6.92 Å². The summed E-state index contributed by atoms with van der Waals surface area (Å²) in [6.07, 6.45) is 3.10. The lowest BCUT2D eigenvalue weighted by Gasteiger charge is -2.23. The highest BCUT2D eigenvalue weighted by Crippen LogP contribution is 2.27. The molecule has 92 valence electrons. The maximum atomic E-state index is 5.72. The third-order valence-corrected chi connectivity index (χ3v) is 4.68. The van der Waals surface area contributed by atoms with Gasteiger partial charge in [0.1, 0.15) is 0 Å². The van der Waals surface area contributed by atoms with Gasteiger partial charge in [0.25, 0.3) is 0 Å². The molecule has 0 spiro atoms. The molecule has 0 radical (unpaired) electrons. The average Bonchev–Trinajstić information content (AvgIpc) is 2.71. The van der Waals surface area contributed by atoms with Crippen LogP contribution in [-0.2, 0) is 13.0 Å². The van der Waals surface area contributed by atoms with Crippen molar-refractivity contribution in [2.75, 3.05) is 24.0 Å². The van der Waals surface area contributed by atoms with Gasteiger partial charge >= 0.3 is 0 Å². The van der Waals surface area contributed by atoms with Crippen molar-refractivity contribution in [2.45, 2.75) is 32.9 Å². The molecule has 0 aliphatic heterocycles. The zero-order valence-electron chi connectivity index (χ0n) is 10.5. The van der Waals surface area contributed by atoms with Crippen molar-refractivity contribution in [3.63, 3.8) is 0 Å². The number of nitrogens with two attached hydrogens (primary N) is 1. The predicted octanol–water partition coefficient (Wildman–Crippen LogP) is 2.35. The highest BCUT2D eigenvalue weighted by molar-refractivity contribution is 7.98. The first-order chi connectivity index (χ1) is 7.63. The molecule has 0 saturated carbocycles. The SMILES string of the molecule is CCc1nc(N(C)C(C)CSC)sc1CN. The first-order valence-electron chi connectivity index (χ1n) is 5.54. The molecule has 0 aliphatic carbocycles. The summed E-state index contributed by atoms with van der Waals surface area (Å²) in [6, 6.07) is 0.511. The average molecular weight is 259 g/mol. The van der Waals surface area contributed by atoms with Crippen molar-refractivity contribution in [1.82, 2.24) is 4.98 Å². The number of anilines is 1. The van der Waals surface area contributed by atoms with Crippen molar-refractivity contribution in [3.8, 4) is 0 Å². The molecule has 1 atom stereocenters. The van der Waals surface area contributed by atoms with Crippen molar-refractivity contribution in [1.29, 1.82) is 0 Å². The van der Waals surface area contributed by atoms with Gasteiger partial charge in [-0.3, -0.25) is 0 Å². The Bertz CT molecular complexity index is 304. The minimum absolute atomic E-state index is 0.511. The van der Waals surface area contributed by atoms with Gasteiger partial charge in [-0.25, -0.2) is 4.98 Å². The second-order valence-electron chi connectivity index (χ2n) is 3.84. The molecule has 0 amide bonds. The van der Waals surface area contributed by atoms with Gasteiger partial charge in [0, 0.05) is 30.3 Å². The Morgan fingerprint density at radius 2 is 2.25 bits per heavy atom. The lowest BCUT2D eigenvalue weighted by molar-refractivity contribution is 0.759. The monoisotopic (exact) mass is 259 g/mol. The largest absolute Gasteiger partial charge is 0.348 e. The second kappa shape index (κ2) is 6.47. The lowest BCUT2D eigenvalue weighted by Crippen LogP contribution is -2.30. The number of aromatic nitrogens is 1. The Labute approximate surface area is 106 Å². The van der Waals surface area contributed by atoms with Gasteiger partial charge in [-0.05, 0) is 19.6 Å². The second-order valence-corrected chi connectivity index (χ2v) is 5.81. The van der Waals surface area contributed by atoms with Crippen LogP contribution in [0.15, 0.2) is 0 Å². The van der Waals surface area contributed by atoms with E-state index in [9.17, 15) is 0 Å². The van der Waals surface area contributed by atoms with Gasteiger partial charge in [0.15, 0.2) is 5.13 Å². The highest BCUT2D eigenvalue weighted by Gasteiger charge is 2.15. The molecule has 1 rings (SSSR count). The summed E-state index contributed by atoms with van der Waals surface area (Å²) >= 11 is 3.59. The number of hydrogen-bond acceptors (Lipinski definition) is 5. The van der Waals surface area contributed by atoms with Crippen LogP contribution in [0.3, 0.4) is 0 Å². The number of nitrogens with zero attached hydrogens (tertiary/aromatic N) is 2. The van der Waals surface area contributed by atoms with Crippen LogP contribution in [-0.4, -0.2) is 30.1 Å². The molecule has 16 heavy (non-hydrogen) atoms. The number of aryl methyl sites for hydroxylation is 1. The van der Waals surface area contributed by atoms with Crippen molar-refractivity contribution in [2.24, 2.45) is 5.73 Å². The van der Waals surface area contributed by atoms with E-state index in [1.165, 1.54) is 4.88 Å². The summed E-state index contributed by atoms with van der Waals surface area (Å²) in [5.74, 6) is 1.12. The third-order valence-electron chi connectivity index (χ3n) is 2.66. The number of thioether (sulfide) groups is 1. The van der Waals surface area contributed by atoms with Crippen LogP contribution >= 0.6 is 23.1 Å². The fourth-order valence-electron chi connectivity index (χ4n) is 1.50. The molecule has 1 aromatic heterocycles. The van der Waals surface area contributed by atoms with Crippen LogP contribution in [0.2, 0.25) is 0 Å². The van der Waals surface area contributed by atoms with E-state index in [0.717, 1.165) is 23.0 Å². The van der Waals surface area contributed by atoms with Crippen molar-refractivity contribution >= 4 is 28.2 Å². The Kier molecular flexibility index (Phi) is 5.58. The van der Waals surface area contributed by atoms with E-state index < -0.39 is 0 Å². The van der Waals surface area contributed by atoms with E-state index in [2.05, 4.69) is 37.0 Å². The summed E-state index contributed by atoms with van der Waals surface area (Å²) in [4.78, 5) is 8.13. The lowest BCUT2D eigenvalue weighted by atomic mass is 10.3. The highest BCUT2D eigenvalue weighted by atomic mass is 32.2.